The predicted molar refractivity (Wildman–Crippen MR) is 56.7 cm³/mol. The van der Waals surface area contributed by atoms with E-state index in [2.05, 4.69) is 5.32 Å². The molecule has 6 heteroatoms. The topological polar surface area (TPSA) is 84.7 Å². The van der Waals surface area contributed by atoms with E-state index in [0.29, 0.717) is 26.1 Å². The summed E-state index contributed by atoms with van der Waals surface area (Å²) in [5.74, 6) is -0.154. The fourth-order valence-electron chi connectivity index (χ4n) is 2.21. The van der Waals surface area contributed by atoms with Crippen LogP contribution < -0.4 is 11.1 Å². The summed E-state index contributed by atoms with van der Waals surface area (Å²) in [5.41, 5.74) is 4.76. The summed E-state index contributed by atoms with van der Waals surface area (Å²) in [6, 6.07) is -0.584. The molecule has 0 aromatic carbocycles. The van der Waals surface area contributed by atoms with Crippen LogP contribution in [0.25, 0.3) is 0 Å². The number of nitrogens with one attached hydrogen (secondary N) is 1. The summed E-state index contributed by atoms with van der Waals surface area (Å²) in [7, 11) is 0. The molecule has 3 amide bonds. The minimum atomic E-state index is -0.737. The first-order chi connectivity index (χ1) is 7.60. The molecule has 6 nitrogen and oxygen atoms in total. The van der Waals surface area contributed by atoms with Gasteiger partial charge in [-0.3, -0.25) is 9.69 Å². The molecule has 2 rings (SSSR count). The molecule has 0 aliphatic carbocycles. The van der Waals surface area contributed by atoms with Crippen LogP contribution in [0, 0.1) is 0 Å². The van der Waals surface area contributed by atoms with Crippen LogP contribution >= 0.6 is 0 Å². The zero-order valence-electron chi connectivity index (χ0n) is 9.36. The molecular formula is C10H17N3O3. The summed E-state index contributed by atoms with van der Waals surface area (Å²) in [4.78, 5) is 25.2. The molecule has 0 aromatic rings. The number of hydrogen-bond acceptors (Lipinski definition) is 4. The SMILES string of the molecule is CC(CN)N1C(=O)NC2(CCOCC2)C1=O. The fraction of sp³-hybridized carbons (Fsp3) is 0.800. The number of ether oxygens (including phenoxy) is 1. The van der Waals surface area contributed by atoms with E-state index in [4.69, 9.17) is 10.5 Å². The highest BCUT2D eigenvalue weighted by atomic mass is 16.5. The van der Waals surface area contributed by atoms with Crippen molar-refractivity contribution in [2.45, 2.75) is 31.3 Å². The maximum atomic E-state index is 12.2. The van der Waals surface area contributed by atoms with Crippen LogP contribution in [-0.2, 0) is 9.53 Å². The fourth-order valence-corrected chi connectivity index (χ4v) is 2.21. The van der Waals surface area contributed by atoms with E-state index >= 15 is 0 Å². The third kappa shape index (κ3) is 1.58. The highest BCUT2D eigenvalue weighted by molar-refractivity contribution is 6.07. The molecule has 1 unspecified atom stereocenters. The number of urea groups is 1. The Morgan fingerprint density at radius 2 is 2.12 bits per heavy atom. The average molecular weight is 227 g/mol. The second-order valence-corrected chi connectivity index (χ2v) is 4.38. The van der Waals surface area contributed by atoms with Gasteiger partial charge in [-0.2, -0.15) is 0 Å². The largest absolute Gasteiger partial charge is 0.381 e. The summed E-state index contributed by atoms with van der Waals surface area (Å²) in [6.07, 6.45) is 1.09. The summed E-state index contributed by atoms with van der Waals surface area (Å²) in [5, 5.41) is 2.79. The van der Waals surface area contributed by atoms with Crippen molar-refractivity contribution < 1.29 is 14.3 Å². The quantitative estimate of drug-likeness (QED) is 0.619. The predicted octanol–water partition coefficient (Wildman–Crippen LogP) is -0.565. The van der Waals surface area contributed by atoms with Crippen molar-refractivity contribution in [3.05, 3.63) is 0 Å². The zero-order chi connectivity index (χ0) is 11.8. The van der Waals surface area contributed by atoms with Gasteiger partial charge < -0.3 is 15.8 Å². The Bertz CT molecular complexity index is 312. The number of amides is 3. The third-order valence-corrected chi connectivity index (χ3v) is 3.32. The Hall–Kier alpha value is -1.14. The second-order valence-electron chi connectivity index (χ2n) is 4.38. The highest BCUT2D eigenvalue weighted by Crippen LogP contribution is 2.29. The molecule has 1 spiro atoms. The molecule has 3 N–H and O–H groups in total. The van der Waals surface area contributed by atoms with Crippen LogP contribution in [0.2, 0.25) is 0 Å². The zero-order valence-corrected chi connectivity index (χ0v) is 9.36. The summed E-state index contributed by atoms with van der Waals surface area (Å²) >= 11 is 0. The molecule has 1 atom stereocenters. The Kier molecular flexibility index (Phi) is 2.86. The first-order valence-corrected chi connectivity index (χ1v) is 5.54. The number of hydrogen-bond donors (Lipinski definition) is 2. The number of nitrogens with zero attached hydrogens (tertiary/aromatic N) is 1. The summed E-state index contributed by atoms with van der Waals surface area (Å²) in [6.45, 7) is 3.08. The van der Waals surface area contributed by atoms with E-state index < -0.39 is 5.54 Å². The van der Waals surface area contributed by atoms with Gasteiger partial charge in [0.25, 0.3) is 5.91 Å². The van der Waals surface area contributed by atoms with E-state index in [0.717, 1.165) is 0 Å². The maximum absolute atomic E-state index is 12.2. The van der Waals surface area contributed by atoms with Crippen LogP contribution in [0.1, 0.15) is 19.8 Å². The second kappa shape index (κ2) is 4.03. The molecule has 16 heavy (non-hydrogen) atoms. The van der Waals surface area contributed by atoms with Crippen LogP contribution in [-0.4, -0.2) is 48.2 Å². The van der Waals surface area contributed by atoms with E-state index in [-0.39, 0.29) is 24.5 Å². The lowest BCUT2D eigenvalue weighted by molar-refractivity contribution is -0.135. The monoisotopic (exact) mass is 227 g/mol. The van der Waals surface area contributed by atoms with Crippen LogP contribution in [0.3, 0.4) is 0 Å². The van der Waals surface area contributed by atoms with E-state index in [1.165, 1.54) is 4.90 Å². The molecule has 2 heterocycles. The van der Waals surface area contributed by atoms with Gasteiger partial charge in [0.15, 0.2) is 0 Å². The minimum absolute atomic E-state index is 0.154. The van der Waals surface area contributed by atoms with Crippen molar-refractivity contribution in [3.63, 3.8) is 0 Å². The van der Waals surface area contributed by atoms with Gasteiger partial charge in [-0.1, -0.05) is 0 Å². The Balaban J connectivity index is 2.20. The first kappa shape index (κ1) is 11.3. The van der Waals surface area contributed by atoms with E-state index in [1.54, 1.807) is 6.92 Å². The van der Waals surface area contributed by atoms with Crippen molar-refractivity contribution >= 4 is 11.9 Å². The van der Waals surface area contributed by atoms with Gasteiger partial charge >= 0.3 is 6.03 Å². The first-order valence-electron chi connectivity index (χ1n) is 5.54. The standard InChI is InChI=1S/C10H17N3O3/c1-7(6-11)13-8(14)10(12-9(13)15)2-4-16-5-3-10/h7H,2-6,11H2,1H3,(H,12,15). The normalized spacial score (nSPS) is 26.0. The molecule has 0 bridgehead atoms. The lowest BCUT2D eigenvalue weighted by Crippen LogP contribution is -2.51. The highest BCUT2D eigenvalue weighted by Gasteiger charge is 2.52. The number of imide groups is 1. The number of rotatable bonds is 2. The number of carbonyl (C=O) groups is 2. The average Bonchev–Trinajstić information content (AvgIpc) is 2.51. The number of carbonyl (C=O) groups excluding carboxylic acids is 2. The third-order valence-electron chi connectivity index (χ3n) is 3.32. The smallest absolute Gasteiger partial charge is 0.325 e. The maximum Gasteiger partial charge on any atom is 0.325 e. The molecule has 2 fully saturated rings. The Morgan fingerprint density at radius 3 is 2.69 bits per heavy atom. The molecule has 2 saturated heterocycles. The van der Waals surface area contributed by atoms with Crippen molar-refractivity contribution in [3.8, 4) is 0 Å². The van der Waals surface area contributed by atoms with Gasteiger partial charge in [0, 0.05) is 32.6 Å². The van der Waals surface area contributed by atoms with Gasteiger partial charge in [0.05, 0.1) is 6.04 Å². The minimum Gasteiger partial charge on any atom is -0.381 e. The van der Waals surface area contributed by atoms with Crippen molar-refractivity contribution in [2.75, 3.05) is 19.8 Å². The lowest BCUT2D eigenvalue weighted by Gasteiger charge is -2.31. The van der Waals surface area contributed by atoms with Crippen molar-refractivity contribution in [2.24, 2.45) is 5.73 Å². The molecular weight excluding hydrogens is 210 g/mol. The Labute approximate surface area is 94.1 Å². The van der Waals surface area contributed by atoms with Crippen molar-refractivity contribution in [1.29, 1.82) is 0 Å². The molecule has 2 aliphatic heterocycles. The van der Waals surface area contributed by atoms with Gasteiger partial charge in [-0.15, -0.1) is 0 Å². The summed E-state index contributed by atoms with van der Waals surface area (Å²) < 4.78 is 5.22. The molecule has 0 saturated carbocycles. The van der Waals surface area contributed by atoms with Crippen LogP contribution in [0.15, 0.2) is 0 Å². The lowest BCUT2D eigenvalue weighted by atomic mass is 9.90. The molecule has 0 radical (unpaired) electrons. The van der Waals surface area contributed by atoms with Gasteiger partial charge in [0.2, 0.25) is 0 Å². The molecule has 90 valence electrons. The van der Waals surface area contributed by atoms with E-state index in [9.17, 15) is 9.59 Å². The van der Waals surface area contributed by atoms with Gasteiger partial charge in [-0.05, 0) is 6.92 Å². The van der Waals surface area contributed by atoms with Crippen LogP contribution in [0.5, 0.6) is 0 Å². The van der Waals surface area contributed by atoms with Crippen molar-refractivity contribution in [1.82, 2.24) is 10.2 Å². The van der Waals surface area contributed by atoms with E-state index in [1.807, 2.05) is 0 Å². The van der Waals surface area contributed by atoms with Gasteiger partial charge in [-0.25, -0.2) is 4.79 Å². The molecule has 0 aromatic heterocycles. The van der Waals surface area contributed by atoms with Crippen LogP contribution in [0.4, 0.5) is 4.79 Å². The number of nitrogens with two attached hydrogens (primary N) is 1. The Morgan fingerprint density at radius 1 is 1.50 bits per heavy atom. The van der Waals surface area contributed by atoms with Gasteiger partial charge in [0.1, 0.15) is 5.54 Å². The molecule has 2 aliphatic rings.